The molecule has 4 heteroatoms. The van der Waals surface area contributed by atoms with Gasteiger partial charge in [-0.3, -0.25) is 0 Å². The fourth-order valence-electron chi connectivity index (χ4n) is 1.61. The summed E-state index contributed by atoms with van der Waals surface area (Å²) in [5.41, 5.74) is 6.32. The molecule has 0 spiro atoms. The Labute approximate surface area is 103 Å². The summed E-state index contributed by atoms with van der Waals surface area (Å²) in [6, 6.07) is 9.33. The molecule has 1 aromatic rings. The van der Waals surface area contributed by atoms with Gasteiger partial charge in [0.25, 0.3) is 0 Å². The smallest absolute Gasteiger partial charge is 0.319 e. The van der Waals surface area contributed by atoms with Crippen LogP contribution in [0.25, 0.3) is 0 Å². The lowest BCUT2D eigenvalue weighted by atomic mass is 10.0. The van der Waals surface area contributed by atoms with Crippen molar-refractivity contribution >= 4 is 11.7 Å². The van der Waals surface area contributed by atoms with Crippen LogP contribution in [0.2, 0.25) is 0 Å². The van der Waals surface area contributed by atoms with Crippen LogP contribution in [-0.4, -0.2) is 18.6 Å². The Morgan fingerprint density at radius 2 is 1.94 bits per heavy atom. The summed E-state index contributed by atoms with van der Waals surface area (Å²) in [4.78, 5) is 11.7. The number of hydrogen-bond acceptors (Lipinski definition) is 2. The van der Waals surface area contributed by atoms with Gasteiger partial charge >= 0.3 is 6.03 Å². The van der Waals surface area contributed by atoms with E-state index < -0.39 is 0 Å². The van der Waals surface area contributed by atoms with Crippen LogP contribution >= 0.6 is 0 Å². The van der Waals surface area contributed by atoms with Gasteiger partial charge in [0, 0.05) is 11.7 Å². The van der Waals surface area contributed by atoms with Gasteiger partial charge in [-0.05, 0) is 31.0 Å². The standard InChI is InChI=1S/C13H21N3O/c1-10(2)12(8-9-14)16-13(17)15-11-6-4-3-5-7-11/h3-7,10,12H,8-9,14H2,1-2H3,(H2,15,16,17). The fraction of sp³-hybridized carbons (Fsp3) is 0.462. The van der Waals surface area contributed by atoms with E-state index >= 15 is 0 Å². The second-order valence-corrected chi connectivity index (χ2v) is 4.39. The number of urea groups is 1. The molecule has 1 atom stereocenters. The van der Waals surface area contributed by atoms with Crippen LogP contribution in [0.1, 0.15) is 20.3 Å². The normalized spacial score (nSPS) is 12.2. The highest BCUT2D eigenvalue weighted by Crippen LogP contribution is 2.07. The van der Waals surface area contributed by atoms with Crippen LogP contribution in [0.3, 0.4) is 0 Å². The van der Waals surface area contributed by atoms with E-state index in [4.69, 9.17) is 5.73 Å². The highest BCUT2D eigenvalue weighted by molar-refractivity contribution is 5.89. The third-order valence-electron chi connectivity index (χ3n) is 2.63. The number of benzene rings is 1. The van der Waals surface area contributed by atoms with Crippen LogP contribution in [0.15, 0.2) is 30.3 Å². The predicted molar refractivity (Wildman–Crippen MR) is 70.9 cm³/mol. The first-order valence-corrected chi connectivity index (χ1v) is 5.96. The lowest BCUT2D eigenvalue weighted by Crippen LogP contribution is -2.42. The molecule has 1 unspecified atom stereocenters. The zero-order valence-corrected chi connectivity index (χ0v) is 10.4. The molecule has 1 rings (SSSR count). The predicted octanol–water partition coefficient (Wildman–Crippen LogP) is 2.18. The third kappa shape index (κ3) is 4.87. The minimum absolute atomic E-state index is 0.115. The summed E-state index contributed by atoms with van der Waals surface area (Å²) in [7, 11) is 0. The van der Waals surface area contributed by atoms with Gasteiger partial charge in [0.2, 0.25) is 0 Å². The van der Waals surface area contributed by atoms with Crippen LogP contribution in [0, 0.1) is 5.92 Å². The second kappa shape index (κ2) is 6.91. The monoisotopic (exact) mass is 235 g/mol. The summed E-state index contributed by atoms with van der Waals surface area (Å²) in [5.74, 6) is 0.375. The van der Waals surface area contributed by atoms with E-state index in [9.17, 15) is 4.79 Å². The minimum Gasteiger partial charge on any atom is -0.335 e. The van der Waals surface area contributed by atoms with Crippen molar-refractivity contribution < 1.29 is 4.79 Å². The zero-order valence-electron chi connectivity index (χ0n) is 10.4. The molecule has 0 aliphatic heterocycles. The zero-order chi connectivity index (χ0) is 12.7. The molecule has 0 radical (unpaired) electrons. The number of carbonyl (C=O) groups excluding carboxylic acids is 1. The summed E-state index contributed by atoms with van der Waals surface area (Å²) in [6.45, 7) is 4.72. The summed E-state index contributed by atoms with van der Waals surface area (Å²) in [5, 5.41) is 5.73. The first-order valence-electron chi connectivity index (χ1n) is 5.96. The van der Waals surface area contributed by atoms with Crippen molar-refractivity contribution in [1.82, 2.24) is 5.32 Å². The minimum atomic E-state index is -0.177. The van der Waals surface area contributed by atoms with Gasteiger partial charge in [-0.2, -0.15) is 0 Å². The van der Waals surface area contributed by atoms with Gasteiger partial charge in [-0.25, -0.2) is 4.79 Å². The number of amides is 2. The average Bonchev–Trinajstić information content (AvgIpc) is 2.29. The number of para-hydroxylation sites is 1. The van der Waals surface area contributed by atoms with Gasteiger partial charge in [0.15, 0.2) is 0 Å². The van der Waals surface area contributed by atoms with Crippen molar-refractivity contribution in [1.29, 1.82) is 0 Å². The van der Waals surface area contributed by atoms with Gasteiger partial charge in [0.05, 0.1) is 0 Å². The maximum Gasteiger partial charge on any atom is 0.319 e. The molecule has 0 aromatic heterocycles. The molecular formula is C13H21N3O. The van der Waals surface area contributed by atoms with E-state index in [-0.39, 0.29) is 12.1 Å². The largest absolute Gasteiger partial charge is 0.335 e. The maximum absolute atomic E-state index is 11.7. The van der Waals surface area contributed by atoms with Gasteiger partial charge in [-0.15, -0.1) is 0 Å². The van der Waals surface area contributed by atoms with Crippen LogP contribution < -0.4 is 16.4 Å². The molecule has 0 fully saturated rings. The van der Waals surface area contributed by atoms with Gasteiger partial charge < -0.3 is 16.4 Å². The van der Waals surface area contributed by atoms with Crippen molar-refractivity contribution in [3.05, 3.63) is 30.3 Å². The molecule has 0 bridgehead atoms. The van der Waals surface area contributed by atoms with E-state index in [1.165, 1.54) is 0 Å². The molecule has 94 valence electrons. The number of carbonyl (C=O) groups is 1. The number of hydrogen-bond donors (Lipinski definition) is 3. The first-order chi connectivity index (χ1) is 8.13. The Bertz CT molecular complexity index is 338. The van der Waals surface area contributed by atoms with Crippen LogP contribution in [0.5, 0.6) is 0 Å². The Morgan fingerprint density at radius 3 is 2.47 bits per heavy atom. The molecule has 0 aliphatic rings. The number of rotatable bonds is 5. The molecule has 4 nitrogen and oxygen atoms in total. The van der Waals surface area contributed by atoms with Crippen molar-refractivity contribution in [3.8, 4) is 0 Å². The molecule has 17 heavy (non-hydrogen) atoms. The van der Waals surface area contributed by atoms with E-state index in [1.54, 1.807) is 0 Å². The molecule has 0 heterocycles. The Morgan fingerprint density at radius 1 is 1.29 bits per heavy atom. The summed E-state index contributed by atoms with van der Waals surface area (Å²) < 4.78 is 0. The van der Waals surface area contributed by atoms with Gasteiger partial charge in [-0.1, -0.05) is 32.0 Å². The quantitative estimate of drug-likeness (QED) is 0.732. The third-order valence-corrected chi connectivity index (χ3v) is 2.63. The highest BCUT2D eigenvalue weighted by atomic mass is 16.2. The molecule has 4 N–H and O–H groups in total. The highest BCUT2D eigenvalue weighted by Gasteiger charge is 2.14. The van der Waals surface area contributed by atoms with E-state index in [0.717, 1.165) is 12.1 Å². The molecule has 2 amide bonds. The molecule has 0 saturated heterocycles. The summed E-state index contributed by atoms with van der Waals surface area (Å²) in [6.07, 6.45) is 0.792. The van der Waals surface area contributed by atoms with E-state index in [0.29, 0.717) is 12.5 Å². The Hall–Kier alpha value is -1.55. The molecule has 0 saturated carbocycles. The van der Waals surface area contributed by atoms with Crippen LogP contribution in [-0.2, 0) is 0 Å². The van der Waals surface area contributed by atoms with E-state index in [2.05, 4.69) is 24.5 Å². The number of nitrogens with one attached hydrogen (secondary N) is 2. The van der Waals surface area contributed by atoms with Crippen molar-refractivity contribution in [2.75, 3.05) is 11.9 Å². The SMILES string of the molecule is CC(C)C(CCN)NC(=O)Nc1ccccc1. The first kappa shape index (κ1) is 13.5. The van der Waals surface area contributed by atoms with Crippen molar-refractivity contribution in [2.24, 2.45) is 11.7 Å². The second-order valence-electron chi connectivity index (χ2n) is 4.39. The van der Waals surface area contributed by atoms with Crippen molar-refractivity contribution in [2.45, 2.75) is 26.3 Å². The lowest BCUT2D eigenvalue weighted by molar-refractivity contribution is 0.243. The summed E-state index contributed by atoms with van der Waals surface area (Å²) >= 11 is 0. The van der Waals surface area contributed by atoms with E-state index in [1.807, 2.05) is 30.3 Å². The topological polar surface area (TPSA) is 67.1 Å². The number of anilines is 1. The van der Waals surface area contributed by atoms with Crippen molar-refractivity contribution in [3.63, 3.8) is 0 Å². The lowest BCUT2D eigenvalue weighted by Gasteiger charge is -2.21. The number of nitrogens with two attached hydrogens (primary N) is 1. The van der Waals surface area contributed by atoms with Crippen LogP contribution in [0.4, 0.5) is 10.5 Å². The Balaban J connectivity index is 2.48. The molecule has 1 aromatic carbocycles. The molecule has 0 aliphatic carbocycles. The average molecular weight is 235 g/mol. The Kier molecular flexibility index (Phi) is 5.49. The van der Waals surface area contributed by atoms with Gasteiger partial charge in [0.1, 0.15) is 0 Å². The molecular weight excluding hydrogens is 214 g/mol. The maximum atomic E-state index is 11.7. The fourth-order valence-corrected chi connectivity index (χ4v) is 1.61.